The van der Waals surface area contributed by atoms with E-state index < -0.39 is 0 Å². The largest absolute Gasteiger partial charge is 0.113 e. The van der Waals surface area contributed by atoms with Crippen LogP contribution in [0, 0.1) is 20.8 Å². The lowest BCUT2D eigenvalue weighted by Gasteiger charge is -2.18. The topological polar surface area (TPSA) is 0 Å². The number of hydrogen-bond donors (Lipinski definition) is 0. The number of alkyl halides is 1. The molecule has 0 aliphatic carbocycles. The lowest BCUT2D eigenvalue weighted by Crippen LogP contribution is -2.00. The maximum atomic E-state index is 6.87. The zero-order valence-electron chi connectivity index (χ0n) is 12.7. The molecule has 21 heavy (non-hydrogen) atoms. The average Bonchev–Trinajstić information content (AvgIpc) is 2.47. The van der Waals surface area contributed by atoms with E-state index in [2.05, 4.69) is 75.4 Å². The summed E-state index contributed by atoms with van der Waals surface area (Å²) >= 11 is 6.87. The summed E-state index contributed by atoms with van der Waals surface area (Å²) in [6.07, 6.45) is 0. The summed E-state index contributed by atoms with van der Waals surface area (Å²) in [5.74, 6) is 0. The average molecular weight is 295 g/mol. The van der Waals surface area contributed by atoms with Crippen LogP contribution in [0.4, 0.5) is 0 Å². The summed E-state index contributed by atoms with van der Waals surface area (Å²) < 4.78 is 0. The van der Waals surface area contributed by atoms with Gasteiger partial charge in [0, 0.05) is 0 Å². The second-order valence-corrected chi connectivity index (χ2v) is 6.12. The second kappa shape index (κ2) is 5.54. The Morgan fingerprint density at radius 2 is 1.29 bits per heavy atom. The Kier molecular flexibility index (Phi) is 3.73. The zero-order chi connectivity index (χ0) is 15.0. The Morgan fingerprint density at radius 1 is 0.667 bits per heavy atom. The molecule has 0 spiro atoms. The molecular weight excluding hydrogens is 276 g/mol. The van der Waals surface area contributed by atoms with Crippen LogP contribution in [0.25, 0.3) is 10.8 Å². The van der Waals surface area contributed by atoms with Crippen LogP contribution in [-0.2, 0) is 0 Å². The lowest BCUT2D eigenvalue weighted by atomic mass is 9.91. The smallest absolute Gasteiger partial charge is 0.0846 e. The fraction of sp³-hybridized carbons (Fsp3) is 0.200. The Balaban J connectivity index is 2.23. The lowest BCUT2D eigenvalue weighted by molar-refractivity contribution is 1.09. The predicted octanol–water partition coefficient (Wildman–Crippen LogP) is 6.09. The number of fused-ring (bicyclic) bond motifs is 1. The van der Waals surface area contributed by atoms with Gasteiger partial charge in [0.1, 0.15) is 0 Å². The molecule has 106 valence electrons. The van der Waals surface area contributed by atoms with Gasteiger partial charge in [0.25, 0.3) is 0 Å². The van der Waals surface area contributed by atoms with Crippen LogP contribution in [0.5, 0.6) is 0 Å². The standard InChI is InChI=1S/C20H19Cl/c1-13-11-12-18(17-10-5-4-9-16(13)17)20(21)19-14(2)7-6-8-15(19)3/h4-12,20H,1-3H3. The number of benzene rings is 3. The van der Waals surface area contributed by atoms with Crippen LogP contribution in [0.1, 0.15) is 33.2 Å². The quantitative estimate of drug-likeness (QED) is 0.501. The van der Waals surface area contributed by atoms with Crippen molar-refractivity contribution in [3.05, 3.63) is 82.4 Å². The maximum Gasteiger partial charge on any atom is 0.0846 e. The molecule has 0 aliphatic rings. The first-order chi connectivity index (χ1) is 10.1. The summed E-state index contributed by atoms with van der Waals surface area (Å²) in [5.41, 5.74) is 6.21. The molecule has 3 aromatic rings. The monoisotopic (exact) mass is 294 g/mol. The van der Waals surface area contributed by atoms with Gasteiger partial charge < -0.3 is 0 Å². The molecule has 1 unspecified atom stereocenters. The molecule has 0 amide bonds. The van der Waals surface area contributed by atoms with Crippen LogP contribution >= 0.6 is 11.6 Å². The number of aryl methyl sites for hydroxylation is 3. The van der Waals surface area contributed by atoms with E-state index in [1.807, 2.05) is 0 Å². The summed E-state index contributed by atoms with van der Waals surface area (Å²) in [6.45, 7) is 6.41. The normalized spacial score (nSPS) is 12.6. The summed E-state index contributed by atoms with van der Waals surface area (Å²) in [7, 11) is 0. The summed E-state index contributed by atoms with van der Waals surface area (Å²) in [5, 5.41) is 2.42. The minimum Gasteiger partial charge on any atom is -0.113 e. The molecule has 0 bridgehead atoms. The molecule has 0 aromatic heterocycles. The van der Waals surface area contributed by atoms with Crippen LogP contribution in [0.3, 0.4) is 0 Å². The van der Waals surface area contributed by atoms with E-state index in [-0.39, 0.29) is 5.38 Å². The highest BCUT2D eigenvalue weighted by atomic mass is 35.5. The first-order valence-electron chi connectivity index (χ1n) is 7.28. The third-order valence-corrected chi connectivity index (χ3v) is 4.70. The van der Waals surface area contributed by atoms with E-state index in [0.29, 0.717) is 0 Å². The number of hydrogen-bond acceptors (Lipinski definition) is 0. The van der Waals surface area contributed by atoms with Crippen molar-refractivity contribution in [2.45, 2.75) is 26.1 Å². The second-order valence-electron chi connectivity index (χ2n) is 5.69. The number of halogens is 1. The van der Waals surface area contributed by atoms with Gasteiger partial charge in [-0.1, -0.05) is 54.6 Å². The third kappa shape index (κ3) is 2.45. The van der Waals surface area contributed by atoms with Crippen molar-refractivity contribution in [1.29, 1.82) is 0 Å². The van der Waals surface area contributed by atoms with Gasteiger partial charge in [-0.25, -0.2) is 0 Å². The highest BCUT2D eigenvalue weighted by Crippen LogP contribution is 2.37. The highest BCUT2D eigenvalue weighted by Gasteiger charge is 2.18. The van der Waals surface area contributed by atoms with Gasteiger partial charge in [-0.2, -0.15) is 0 Å². The molecule has 0 heterocycles. The van der Waals surface area contributed by atoms with Gasteiger partial charge in [-0.05, 0) is 59.4 Å². The molecule has 0 saturated carbocycles. The minimum absolute atomic E-state index is 0.114. The van der Waals surface area contributed by atoms with E-state index in [9.17, 15) is 0 Å². The fourth-order valence-corrected chi connectivity index (χ4v) is 3.61. The van der Waals surface area contributed by atoms with Crippen LogP contribution < -0.4 is 0 Å². The van der Waals surface area contributed by atoms with Crippen molar-refractivity contribution in [1.82, 2.24) is 0 Å². The van der Waals surface area contributed by atoms with Crippen molar-refractivity contribution in [3.8, 4) is 0 Å². The molecule has 1 heteroatoms. The highest BCUT2D eigenvalue weighted by molar-refractivity contribution is 6.24. The molecule has 0 saturated heterocycles. The van der Waals surface area contributed by atoms with E-state index in [1.165, 1.54) is 38.6 Å². The fourth-order valence-electron chi connectivity index (χ4n) is 3.08. The molecule has 0 radical (unpaired) electrons. The van der Waals surface area contributed by atoms with Crippen molar-refractivity contribution < 1.29 is 0 Å². The Labute approximate surface area is 131 Å². The Hall–Kier alpha value is -1.79. The number of rotatable bonds is 2. The third-order valence-electron chi connectivity index (χ3n) is 4.24. The van der Waals surface area contributed by atoms with Crippen LogP contribution in [0.2, 0.25) is 0 Å². The van der Waals surface area contributed by atoms with Crippen LogP contribution in [-0.4, -0.2) is 0 Å². The molecule has 0 aliphatic heterocycles. The van der Waals surface area contributed by atoms with Gasteiger partial charge in [0.2, 0.25) is 0 Å². The van der Waals surface area contributed by atoms with E-state index in [0.717, 1.165) is 0 Å². The predicted molar refractivity (Wildman–Crippen MR) is 92.3 cm³/mol. The molecule has 1 atom stereocenters. The maximum absolute atomic E-state index is 6.87. The van der Waals surface area contributed by atoms with Gasteiger partial charge in [0.15, 0.2) is 0 Å². The first kappa shape index (κ1) is 14.2. The first-order valence-corrected chi connectivity index (χ1v) is 7.71. The van der Waals surface area contributed by atoms with E-state index >= 15 is 0 Å². The van der Waals surface area contributed by atoms with Gasteiger partial charge in [-0.3, -0.25) is 0 Å². The van der Waals surface area contributed by atoms with Crippen molar-refractivity contribution in [2.75, 3.05) is 0 Å². The Morgan fingerprint density at radius 3 is 1.95 bits per heavy atom. The summed E-state index contributed by atoms with van der Waals surface area (Å²) in [4.78, 5) is 0. The SMILES string of the molecule is Cc1cccc(C)c1C(Cl)c1ccc(C)c2ccccc12. The Bertz CT molecular complexity index is 782. The van der Waals surface area contributed by atoms with Crippen molar-refractivity contribution in [2.24, 2.45) is 0 Å². The molecule has 0 N–H and O–H groups in total. The molecular formula is C20H19Cl. The minimum atomic E-state index is -0.114. The molecule has 0 nitrogen and oxygen atoms in total. The van der Waals surface area contributed by atoms with E-state index in [1.54, 1.807) is 0 Å². The van der Waals surface area contributed by atoms with E-state index in [4.69, 9.17) is 11.6 Å². The van der Waals surface area contributed by atoms with Crippen molar-refractivity contribution >= 4 is 22.4 Å². The molecule has 0 fully saturated rings. The zero-order valence-corrected chi connectivity index (χ0v) is 13.4. The van der Waals surface area contributed by atoms with Crippen LogP contribution in [0.15, 0.2) is 54.6 Å². The molecule has 3 rings (SSSR count). The van der Waals surface area contributed by atoms with Gasteiger partial charge in [0.05, 0.1) is 5.38 Å². The summed E-state index contributed by atoms with van der Waals surface area (Å²) in [6, 6.07) is 19.2. The van der Waals surface area contributed by atoms with Gasteiger partial charge in [-0.15, -0.1) is 11.6 Å². The van der Waals surface area contributed by atoms with Crippen molar-refractivity contribution in [3.63, 3.8) is 0 Å². The van der Waals surface area contributed by atoms with Gasteiger partial charge >= 0.3 is 0 Å². The molecule has 3 aromatic carbocycles.